The van der Waals surface area contributed by atoms with E-state index < -0.39 is 11.9 Å². The molecular weight excluding hydrogens is 297 g/mol. The lowest BCUT2D eigenvalue weighted by Gasteiger charge is -2.18. The van der Waals surface area contributed by atoms with Gasteiger partial charge in [-0.05, 0) is 18.6 Å². The summed E-state index contributed by atoms with van der Waals surface area (Å²) in [5.74, 6) is -1.32. The summed E-state index contributed by atoms with van der Waals surface area (Å²) in [4.78, 5) is 25.3. The molecular formula is C14H19ClFN3O2. The standard InChI is InChI=1S/C14H18FN3O2.ClH/c1-9(8-16)13(19)17-11-6-7-18(14(11)20)12-5-3-2-4-10(12)15;/h2-5,9,11H,6-8,16H2,1H3,(H,17,19);1H. The molecule has 7 heteroatoms. The summed E-state index contributed by atoms with van der Waals surface area (Å²) in [7, 11) is 0. The van der Waals surface area contributed by atoms with Gasteiger partial charge in [0.15, 0.2) is 0 Å². The molecule has 1 fully saturated rings. The number of benzene rings is 1. The van der Waals surface area contributed by atoms with Crippen LogP contribution in [0, 0.1) is 11.7 Å². The smallest absolute Gasteiger partial charge is 0.249 e. The van der Waals surface area contributed by atoms with Crippen molar-refractivity contribution in [3.05, 3.63) is 30.1 Å². The van der Waals surface area contributed by atoms with Crippen LogP contribution in [0.5, 0.6) is 0 Å². The van der Waals surface area contributed by atoms with Crippen LogP contribution in [0.1, 0.15) is 13.3 Å². The minimum absolute atomic E-state index is 0. The van der Waals surface area contributed by atoms with E-state index in [0.29, 0.717) is 13.0 Å². The third-order valence-corrected chi connectivity index (χ3v) is 3.47. The molecule has 2 atom stereocenters. The van der Waals surface area contributed by atoms with Gasteiger partial charge in [0.25, 0.3) is 0 Å². The lowest BCUT2D eigenvalue weighted by molar-refractivity contribution is -0.128. The normalized spacial score (nSPS) is 19.1. The molecule has 5 nitrogen and oxygen atoms in total. The second-order valence-corrected chi connectivity index (χ2v) is 4.93. The first kappa shape index (κ1) is 17.4. The van der Waals surface area contributed by atoms with Gasteiger partial charge >= 0.3 is 0 Å². The fourth-order valence-corrected chi connectivity index (χ4v) is 2.14. The molecule has 116 valence electrons. The molecule has 0 aliphatic carbocycles. The number of nitrogens with two attached hydrogens (primary N) is 1. The Morgan fingerprint density at radius 2 is 2.19 bits per heavy atom. The van der Waals surface area contributed by atoms with E-state index in [9.17, 15) is 14.0 Å². The Balaban J connectivity index is 0.00000220. The molecule has 1 aliphatic rings. The predicted molar refractivity (Wildman–Crippen MR) is 80.8 cm³/mol. The van der Waals surface area contributed by atoms with E-state index in [4.69, 9.17) is 5.73 Å². The number of amides is 2. The van der Waals surface area contributed by atoms with Crippen LogP contribution in [0.4, 0.5) is 10.1 Å². The molecule has 0 saturated carbocycles. The van der Waals surface area contributed by atoms with Crippen molar-refractivity contribution in [2.45, 2.75) is 19.4 Å². The number of halogens is 2. The van der Waals surface area contributed by atoms with Crippen LogP contribution in [-0.4, -0.2) is 30.9 Å². The number of nitrogens with one attached hydrogen (secondary N) is 1. The topological polar surface area (TPSA) is 75.4 Å². The number of rotatable bonds is 4. The fraction of sp³-hybridized carbons (Fsp3) is 0.429. The molecule has 1 aliphatic heterocycles. The molecule has 0 spiro atoms. The van der Waals surface area contributed by atoms with Gasteiger partial charge in [0.1, 0.15) is 11.9 Å². The molecule has 0 bridgehead atoms. The van der Waals surface area contributed by atoms with Crippen LogP contribution >= 0.6 is 12.4 Å². The molecule has 21 heavy (non-hydrogen) atoms. The van der Waals surface area contributed by atoms with E-state index in [2.05, 4.69) is 5.32 Å². The molecule has 0 radical (unpaired) electrons. The summed E-state index contributed by atoms with van der Waals surface area (Å²) in [6.45, 7) is 2.31. The van der Waals surface area contributed by atoms with Crippen LogP contribution in [0.3, 0.4) is 0 Å². The van der Waals surface area contributed by atoms with Crippen molar-refractivity contribution in [1.82, 2.24) is 5.32 Å². The quantitative estimate of drug-likeness (QED) is 0.872. The van der Waals surface area contributed by atoms with Crippen LogP contribution in [-0.2, 0) is 9.59 Å². The van der Waals surface area contributed by atoms with E-state index >= 15 is 0 Å². The first-order chi connectivity index (χ1) is 9.54. The van der Waals surface area contributed by atoms with Gasteiger partial charge in [0.05, 0.1) is 5.69 Å². The average molecular weight is 316 g/mol. The van der Waals surface area contributed by atoms with Crippen molar-refractivity contribution in [1.29, 1.82) is 0 Å². The van der Waals surface area contributed by atoms with E-state index in [1.807, 2.05) is 0 Å². The highest BCUT2D eigenvalue weighted by molar-refractivity contribution is 6.01. The van der Waals surface area contributed by atoms with E-state index in [-0.39, 0.29) is 42.4 Å². The van der Waals surface area contributed by atoms with Gasteiger partial charge in [0, 0.05) is 19.0 Å². The van der Waals surface area contributed by atoms with Crippen molar-refractivity contribution in [3.63, 3.8) is 0 Å². The van der Waals surface area contributed by atoms with Gasteiger partial charge in [-0.15, -0.1) is 12.4 Å². The minimum Gasteiger partial charge on any atom is -0.344 e. The molecule has 2 amide bonds. The summed E-state index contributed by atoms with van der Waals surface area (Å²) in [6.07, 6.45) is 0.468. The van der Waals surface area contributed by atoms with Crippen molar-refractivity contribution < 1.29 is 14.0 Å². The molecule has 1 aromatic carbocycles. The largest absolute Gasteiger partial charge is 0.344 e. The average Bonchev–Trinajstić information content (AvgIpc) is 2.80. The Bertz CT molecular complexity index is 527. The summed E-state index contributed by atoms with van der Waals surface area (Å²) < 4.78 is 13.7. The molecule has 0 aromatic heterocycles. The Morgan fingerprint density at radius 3 is 2.81 bits per heavy atom. The summed E-state index contributed by atoms with van der Waals surface area (Å²) in [5, 5.41) is 2.67. The third-order valence-electron chi connectivity index (χ3n) is 3.47. The molecule has 2 unspecified atom stereocenters. The SMILES string of the molecule is CC(CN)C(=O)NC1CCN(c2ccccc2F)C1=O.Cl. The highest BCUT2D eigenvalue weighted by atomic mass is 35.5. The van der Waals surface area contributed by atoms with Gasteiger partial charge < -0.3 is 16.0 Å². The molecule has 1 heterocycles. The molecule has 3 N–H and O–H groups in total. The van der Waals surface area contributed by atoms with E-state index in [0.717, 1.165) is 0 Å². The predicted octanol–water partition coefficient (Wildman–Crippen LogP) is 1.06. The van der Waals surface area contributed by atoms with Crippen LogP contribution in [0.15, 0.2) is 24.3 Å². The van der Waals surface area contributed by atoms with Crippen molar-refractivity contribution >= 4 is 29.9 Å². The number of anilines is 1. The summed E-state index contributed by atoms with van der Waals surface area (Å²) >= 11 is 0. The van der Waals surface area contributed by atoms with Gasteiger partial charge in [0.2, 0.25) is 11.8 Å². The highest BCUT2D eigenvalue weighted by Crippen LogP contribution is 2.24. The van der Waals surface area contributed by atoms with Gasteiger partial charge in [-0.25, -0.2) is 4.39 Å². The van der Waals surface area contributed by atoms with Gasteiger partial charge in [-0.1, -0.05) is 19.1 Å². The maximum atomic E-state index is 13.7. The van der Waals surface area contributed by atoms with Gasteiger partial charge in [-0.3, -0.25) is 9.59 Å². The van der Waals surface area contributed by atoms with Crippen LogP contribution in [0.25, 0.3) is 0 Å². The lowest BCUT2D eigenvalue weighted by Crippen LogP contribution is -2.44. The Kier molecular flexibility index (Phi) is 6.11. The Morgan fingerprint density at radius 1 is 1.52 bits per heavy atom. The maximum Gasteiger partial charge on any atom is 0.249 e. The third kappa shape index (κ3) is 3.71. The van der Waals surface area contributed by atoms with Crippen LogP contribution in [0.2, 0.25) is 0 Å². The maximum absolute atomic E-state index is 13.7. The molecule has 2 rings (SSSR count). The number of nitrogens with zero attached hydrogens (tertiary/aromatic N) is 1. The minimum atomic E-state index is -0.601. The second-order valence-electron chi connectivity index (χ2n) is 4.93. The Hall–Kier alpha value is -1.66. The zero-order valence-corrected chi connectivity index (χ0v) is 12.5. The van der Waals surface area contributed by atoms with E-state index in [1.54, 1.807) is 25.1 Å². The summed E-state index contributed by atoms with van der Waals surface area (Å²) in [6, 6.07) is 5.51. The van der Waals surface area contributed by atoms with Crippen molar-refractivity contribution in [2.24, 2.45) is 11.7 Å². The first-order valence-electron chi connectivity index (χ1n) is 6.61. The number of carbonyl (C=O) groups is 2. The second kappa shape index (κ2) is 7.38. The number of para-hydroxylation sites is 1. The first-order valence-corrected chi connectivity index (χ1v) is 6.61. The number of hydrogen-bond donors (Lipinski definition) is 2. The van der Waals surface area contributed by atoms with Crippen molar-refractivity contribution in [2.75, 3.05) is 18.0 Å². The highest BCUT2D eigenvalue weighted by Gasteiger charge is 2.35. The lowest BCUT2D eigenvalue weighted by atomic mass is 10.1. The fourth-order valence-electron chi connectivity index (χ4n) is 2.14. The van der Waals surface area contributed by atoms with Crippen molar-refractivity contribution in [3.8, 4) is 0 Å². The zero-order chi connectivity index (χ0) is 14.7. The zero-order valence-electron chi connectivity index (χ0n) is 11.7. The monoisotopic (exact) mass is 315 g/mol. The molecule has 1 aromatic rings. The van der Waals surface area contributed by atoms with Gasteiger partial charge in [-0.2, -0.15) is 0 Å². The van der Waals surface area contributed by atoms with Crippen LogP contribution < -0.4 is 16.0 Å². The molecule has 1 saturated heterocycles. The van der Waals surface area contributed by atoms with E-state index in [1.165, 1.54) is 11.0 Å². The number of hydrogen-bond acceptors (Lipinski definition) is 3. The summed E-state index contributed by atoms with van der Waals surface area (Å²) in [5.41, 5.74) is 5.67. The number of carbonyl (C=O) groups excluding carboxylic acids is 2. The Labute approximate surface area is 129 Å².